The van der Waals surface area contributed by atoms with Gasteiger partial charge in [-0.2, -0.15) is 9.40 Å². The summed E-state index contributed by atoms with van der Waals surface area (Å²) in [6, 6.07) is 3.27. The summed E-state index contributed by atoms with van der Waals surface area (Å²) >= 11 is 0. The van der Waals surface area contributed by atoms with E-state index in [1.807, 2.05) is 14.0 Å². The molecule has 170 valence electrons. The maximum Gasteiger partial charge on any atom is 0.277 e. The minimum absolute atomic E-state index is 0.200. The van der Waals surface area contributed by atoms with Crippen LogP contribution in [0.4, 0.5) is 0 Å². The molecule has 1 fully saturated rings. The normalized spacial score (nSPS) is 17.6. The van der Waals surface area contributed by atoms with E-state index in [9.17, 15) is 13.2 Å². The Bertz CT molecular complexity index is 1370. The summed E-state index contributed by atoms with van der Waals surface area (Å²) in [4.78, 5) is 22.7. The van der Waals surface area contributed by atoms with Crippen molar-refractivity contribution >= 4 is 21.1 Å². The van der Waals surface area contributed by atoms with Gasteiger partial charge in [-0.15, -0.1) is 0 Å². The van der Waals surface area contributed by atoms with E-state index in [-0.39, 0.29) is 10.5 Å². The van der Waals surface area contributed by atoms with Crippen molar-refractivity contribution in [2.24, 2.45) is 7.05 Å². The SMILES string of the molecule is CCc1nn(C)c2c(=O)[nH]c(-c3cc(S(=O)(=O)N4CCN(C)CC4)cc4c3OCC4)nc12. The number of sulfonamides is 1. The number of piperazine rings is 1. The maximum atomic E-state index is 13.4. The number of rotatable bonds is 4. The number of H-pyrrole nitrogens is 1. The zero-order valence-electron chi connectivity index (χ0n) is 18.4. The van der Waals surface area contributed by atoms with Crippen LogP contribution in [-0.2, 0) is 29.9 Å². The highest BCUT2D eigenvalue weighted by molar-refractivity contribution is 7.89. The van der Waals surface area contributed by atoms with Gasteiger partial charge in [0, 0.05) is 39.6 Å². The van der Waals surface area contributed by atoms with E-state index >= 15 is 0 Å². The predicted octanol–water partition coefficient (Wildman–Crippen LogP) is 0.757. The number of aromatic amines is 1. The second-order valence-corrected chi connectivity index (χ2v) is 10.2. The Labute approximate surface area is 185 Å². The highest BCUT2D eigenvalue weighted by atomic mass is 32.2. The third kappa shape index (κ3) is 3.31. The number of hydrogen-bond donors (Lipinski definition) is 1. The zero-order valence-corrected chi connectivity index (χ0v) is 19.2. The molecule has 0 saturated carbocycles. The molecule has 0 atom stereocenters. The van der Waals surface area contributed by atoms with Crippen molar-refractivity contribution in [3.63, 3.8) is 0 Å². The lowest BCUT2D eigenvalue weighted by Crippen LogP contribution is -2.47. The van der Waals surface area contributed by atoms with Crippen LogP contribution < -0.4 is 10.3 Å². The molecule has 1 aromatic carbocycles. The molecule has 1 N–H and O–H groups in total. The van der Waals surface area contributed by atoms with Crippen LogP contribution in [0.1, 0.15) is 18.2 Å². The first kappa shape index (κ1) is 21.1. The summed E-state index contributed by atoms with van der Waals surface area (Å²) in [5.74, 6) is 0.866. The Morgan fingerprint density at radius 2 is 1.91 bits per heavy atom. The lowest BCUT2D eigenvalue weighted by atomic mass is 10.1. The van der Waals surface area contributed by atoms with Crippen molar-refractivity contribution in [2.75, 3.05) is 39.8 Å². The maximum absolute atomic E-state index is 13.4. The number of aromatic nitrogens is 4. The fourth-order valence-corrected chi connectivity index (χ4v) is 5.89. The molecule has 2 aromatic heterocycles. The number of fused-ring (bicyclic) bond motifs is 2. The van der Waals surface area contributed by atoms with Crippen molar-refractivity contribution in [3.05, 3.63) is 33.7 Å². The molecule has 0 unspecified atom stereocenters. The molecule has 11 heteroatoms. The number of benzene rings is 1. The average molecular weight is 459 g/mol. The predicted molar refractivity (Wildman–Crippen MR) is 119 cm³/mol. The number of ether oxygens (including phenoxy) is 1. The molecule has 2 aliphatic heterocycles. The first-order valence-electron chi connectivity index (χ1n) is 10.7. The number of aryl methyl sites for hydroxylation is 2. The molecule has 0 radical (unpaired) electrons. The summed E-state index contributed by atoms with van der Waals surface area (Å²) in [5.41, 5.74) is 2.60. The molecule has 2 aliphatic rings. The van der Waals surface area contributed by atoms with E-state index < -0.39 is 10.0 Å². The monoisotopic (exact) mass is 458 g/mol. The van der Waals surface area contributed by atoms with Crippen LogP contribution in [0.15, 0.2) is 21.8 Å². The molecule has 3 aromatic rings. The minimum Gasteiger partial charge on any atom is -0.492 e. The minimum atomic E-state index is -3.68. The van der Waals surface area contributed by atoms with Gasteiger partial charge >= 0.3 is 0 Å². The van der Waals surface area contributed by atoms with Crippen LogP contribution in [0.5, 0.6) is 5.75 Å². The molecule has 0 spiro atoms. The Kier molecular flexibility index (Phi) is 5.06. The Balaban J connectivity index is 1.67. The molecule has 0 bridgehead atoms. The molecular weight excluding hydrogens is 432 g/mol. The van der Waals surface area contributed by atoms with Gasteiger partial charge in [-0.1, -0.05) is 6.92 Å². The second-order valence-electron chi connectivity index (χ2n) is 8.30. The molecule has 10 nitrogen and oxygen atoms in total. The Morgan fingerprint density at radius 1 is 1.16 bits per heavy atom. The molecule has 0 aliphatic carbocycles. The van der Waals surface area contributed by atoms with Gasteiger partial charge in [0.25, 0.3) is 5.56 Å². The van der Waals surface area contributed by atoms with E-state index in [0.717, 1.165) is 5.56 Å². The van der Waals surface area contributed by atoms with Crippen LogP contribution in [0, 0.1) is 0 Å². The zero-order chi connectivity index (χ0) is 22.6. The Morgan fingerprint density at radius 3 is 2.62 bits per heavy atom. The summed E-state index contributed by atoms with van der Waals surface area (Å²) < 4.78 is 35.7. The van der Waals surface area contributed by atoms with Gasteiger partial charge < -0.3 is 14.6 Å². The van der Waals surface area contributed by atoms with Gasteiger partial charge in [0.1, 0.15) is 17.1 Å². The first-order valence-corrected chi connectivity index (χ1v) is 12.2. The van der Waals surface area contributed by atoms with Gasteiger partial charge in [-0.3, -0.25) is 9.48 Å². The number of nitrogens with zero attached hydrogens (tertiary/aromatic N) is 5. The van der Waals surface area contributed by atoms with E-state index in [1.165, 1.54) is 8.99 Å². The van der Waals surface area contributed by atoms with Crippen molar-refractivity contribution in [2.45, 2.75) is 24.7 Å². The fraction of sp³-hybridized carbons (Fsp3) is 0.476. The van der Waals surface area contributed by atoms with Crippen LogP contribution >= 0.6 is 0 Å². The highest BCUT2D eigenvalue weighted by Crippen LogP contribution is 2.38. The topological polar surface area (TPSA) is 113 Å². The summed E-state index contributed by atoms with van der Waals surface area (Å²) in [7, 11) is 0.00855. The standard InChI is InChI=1S/C21H26N6O4S/c1-4-16-17-18(26(3)24-16)21(28)23-20(22-17)15-12-14(11-13-5-10-31-19(13)15)32(29,30)27-8-6-25(2)7-9-27/h11-12H,4-10H2,1-3H3,(H,22,23,28). The van der Waals surface area contributed by atoms with Gasteiger partial charge in [0.15, 0.2) is 5.52 Å². The lowest BCUT2D eigenvalue weighted by molar-refractivity contribution is 0.222. The van der Waals surface area contributed by atoms with Crippen LogP contribution in [0.3, 0.4) is 0 Å². The first-order chi connectivity index (χ1) is 15.3. The van der Waals surface area contributed by atoms with Gasteiger partial charge in [0.05, 0.1) is 22.8 Å². The number of hydrogen-bond acceptors (Lipinski definition) is 7. The summed E-state index contributed by atoms with van der Waals surface area (Å²) in [6.45, 7) is 4.67. The van der Waals surface area contributed by atoms with Crippen LogP contribution in [-0.4, -0.2) is 77.2 Å². The fourth-order valence-electron chi connectivity index (χ4n) is 4.39. The smallest absolute Gasteiger partial charge is 0.277 e. The molecular formula is C21H26N6O4S. The lowest BCUT2D eigenvalue weighted by Gasteiger charge is -2.31. The van der Waals surface area contributed by atoms with E-state index in [0.29, 0.717) is 79.5 Å². The van der Waals surface area contributed by atoms with Gasteiger partial charge in [-0.25, -0.2) is 13.4 Å². The van der Waals surface area contributed by atoms with E-state index in [4.69, 9.17) is 4.74 Å². The molecule has 0 amide bonds. The van der Waals surface area contributed by atoms with E-state index in [1.54, 1.807) is 19.2 Å². The van der Waals surface area contributed by atoms with Crippen molar-refractivity contribution < 1.29 is 13.2 Å². The van der Waals surface area contributed by atoms with Gasteiger partial charge in [0.2, 0.25) is 10.0 Å². The van der Waals surface area contributed by atoms with E-state index in [2.05, 4.69) is 20.0 Å². The third-order valence-electron chi connectivity index (χ3n) is 6.21. The number of nitrogens with one attached hydrogen (secondary N) is 1. The largest absolute Gasteiger partial charge is 0.492 e. The van der Waals surface area contributed by atoms with Crippen molar-refractivity contribution in [1.29, 1.82) is 0 Å². The molecule has 4 heterocycles. The Hall–Kier alpha value is -2.76. The quantitative estimate of drug-likeness (QED) is 0.614. The molecule has 32 heavy (non-hydrogen) atoms. The third-order valence-corrected chi connectivity index (χ3v) is 8.09. The van der Waals surface area contributed by atoms with Crippen molar-refractivity contribution in [3.8, 4) is 17.1 Å². The highest BCUT2D eigenvalue weighted by Gasteiger charge is 2.31. The van der Waals surface area contributed by atoms with Crippen LogP contribution in [0.25, 0.3) is 22.4 Å². The second kappa shape index (κ2) is 7.68. The molecule has 5 rings (SSSR count). The van der Waals surface area contributed by atoms with Crippen LogP contribution in [0.2, 0.25) is 0 Å². The van der Waals surface area contributed by atoms with Gasteiger partial charge in [-0.05, 0) is 31.2 Å². The summed E-state index contributed by atoms with van der Waals surface area (Å²) in [5, 5.41) is 4.40. The summed E-state index contributed by atoms with van der Waals surface area (Å²) in [6.07, 6.45) is 1.23. The number of likely N-dealkylation sites (N-methyl/N-ethyl adjacent to an activating group) is 1. The molecule has 1 saturated heterocycles. The average Bonchev–Trinajstić information content (AvgIpc) is 3.37. The van der Waals surface area contributed by atoms with Crippen molar-refractivity contribution in [1.82, 2.24) is 29.0 Å².